The summed E-state index contributed by atoms with van der Waals surface area (Å²) >= 11 is 0. The number of nitrogen functional groups attached to an aromatic ring is 1. The minimum absolute atomic E-state index is 0.758. The number of rotatable bonds is 5. The van der Waals surface area contributed by atoms with E-state index in [9.17, 15) is 0 Å². The normalized spacial score (nSPS) is 10.1. The highest BCUT2D eigenvalue weighted by Gasteiger charge is 1.96. The standard InChI is InChI=1S/C10H17N3O/c1-8-7-13-10(6-9(8)11)12-4-3-5-14-2/h6-7H,3-5H2,1-2H3,(H3,11,12,13). The molecule has 0 radical (unpaired) electrons. The lowest BCUT2D eigenvalue weighted by Crippen LogP contribution is -2.06. The molecule has 3 N–H and O–H groups in total. The van der Waals surface area contributed by atoms with Crippen LogP contribution >= 0.6 is 0 Å². The molecule has 0 aliphatic rings. The van der Waals surface area contributed by atoms with Crippen molar-refractivity contribution in [2.24, 2.45) is 0 Å². The van der Waals surface area contributed by atoms with Gasteiger partial charge in [0.25, 0.3) is 0 Å². The van der Waals surface area contributed by atoms with Gasteiger partial charge in [0.15, 0.2) is 0 Å². The van der Waals surface area contributed by atoms with Gasteiger partial charge in [-0.2, -0.15) is 0 Å². The van der Waals surface area contributed by atoms with E-state index >= 15 is 0 Å². The Balaban J connectivity index is 2.39. The third-order valence-electron chi connectivity index (χ3n) is 1.98. The fraction of sp³-hybridized carbons (Fsp3) is 0.500. The van der Waals surface area contributed by atoms with E-state index in [0.717, 1.165) is 36.6 Å². The Morgan fingerprint density at radius 3 is 3.00 bits per heavy atom. The summed E-state index contributed by atoms with van der Waals surface area (Å²) in [5.41, 5.74) is 7.53. The summed E-state index contributed by atoms with van der Waals surface area (Å²) in [6.07, 6.45) is 2.74. The molecule has 14 heavy (non-hydrogen) atoms. The Morgan fingerprint density at radius 1 is 1.57 bits per heavy atom. The molecule has 1 heterocycles. The van der Waals surface area contributed by atoms with Crippen molar-refractivity contribution in [1.29, 1.82) is 0 Å². The molecule has 4 heteroatoms. The molecule has 0 saturated heterocycles. The number of aryl methyl sites for hydroxylation is 1. The van der Waals surface area contributed by atoms with E-state index in [1.165, 1.54) is 0 Å². The van der Waals surface area contributed by atoms with E-state index in [2.05, 4.69) is 10.3 Å². The van der Waals surface area contributed by atoms with Gasteiger partial charge in [-0.3, -0.25) is 0 Å². The van der Waals surface area contributed by atoms with Gasteiger partial charge in [-0.1, -0.05) is 0 Å². The first-order chi connectivity index (χ1) is 6.74. The van der Waals surface area contributed by atoms with Crippen LogP contribution in [0.1, 0.15) is 12.0 Å². The number of aromatic nitrogens is 1. The zero-order chi connectivity index (χ0) is 10.4. The van der Waals surface area contributed by atoms with Crippen molar-refractivity contribution >= 4 is 11.5 Å². The molecular weight excluding hydrogens is 178 g/mol. The maximum atomic E-state index is 5.75. The molecule has 0 unspecified atom stereocenters. The number of methoxy groups -OCH3 is 1. The van der Waals surface area contributed by atoms with E-state index < -0.39 is 0 Å². The molecule has 0 amide bonds. The van der Waals surface area contributed by atoms with Gasteiger partial charge < -0.3 is 15.8 Å². The lowest BCUT2D eigenvalue weighted by atomic mass is 10.2. The van der Waals surface area contributed by atoms with E-state index in [4.69, 9.17) is 10.5 Å². The van der Waals surface area contributed by atoms with Gasteiger partial charge >= 0.3 is 0 Å². The maximum absolute atomic E-state index is 5.75. The quantitative estimate of drug-likeness (QED) is 0.698. The SMILES string of the molecule is COCCCNc1cc(N)c(C)cn1. The van der Waals surface area contributed by atoms with E-state index in [-0.39, 0.29) is 0 Å². The number of hydrogen-bond donors (Lipinski definition) is 2. The summed E-state index contributed by atoms with van der Waals surface area (Å²) in [4.78, 5) is 4.20. The van der Waals surface area contributed by atoms with Gasteiger partial charge in [-0.15, -0.1) is 0 Å². The summed E-state index contributed by atoms with van der Waals surface area (Å²) in [6.45, 7) is 3.55. The molecule has 78 valence electrons. The second-order valence-electron chi connectivity index (χ2n) is 3.20. The summed E-state index contributed by atoms with van der Waals surface area (Å²) in [7, 11) is 1.70. The molecule has 0 bridgehead atoms. The monoisotopic (exact) mass is 195 g/mol. The minimum Gasteiger partial charge on any atom is -0.398 e. The average molecular weight is 195 g/mol. The Morgan fingerprint density at radius 2 is 2.36 bits per heavy atom. The lowest BCUT2D eigenvalue weighted by Gasteiger charge is -2.06. The molecule has 0 saturated carbocycles. The molecule has 1 aromatic rings. The first-order valence-electron chi connectivity index (χ1n) is 4.69. The first kappa shape index (κ1) is 10.8. The molecule has 0 spiro atoms. The lowest BCUT2D eigenvalue weighted by molar-refractivity contribution is 0.198. The number of nitrogens with two attached hydrogens (primary N) is 1. The summed E-state index contributed by atoms with van der Waals surface area (Å²) in [5, 5.41) is 3.18. The van der Waals surface area contributed by atoms with Crippen LogP contribution in [0.2, 0.25) is 0 Å². The number of nitrogens with zero attached hydrogens (tertiary/aromatic N) is 1. The topological polar surface area (TPSA) is 60.2 Å². The third kappa shape index (κ3) is 3.22. The highest BCUT2D eigenvalue weighted by molar-refractivity contribution is 5.53. The highest BCUT2D eigenvalue weighted by atomic mass is 16.5. The van der Waals surface area contributed by atoms with Gasteiger partial charge in [0, 0.05) is 38.2 Å². The maximum Gasteiger partial charge on any atom is 0.127 e. The number of hydrogen-bond acceptors (Lipinski definition) is 4. The molecule has 0 atom stereocenters. The smallest absolute Gasteiger partial charge is 0.127 e. The molecule has 0 aromatic carbocycles. The second-order valence-corrected chi connectivity index (χ2v) is 3.20. The molecule has 0 aliphatic heterocycles. The fourth-order valence-electron chi connectivity index (χ4n) is 1.07. The molecule has 0 fully saturated rings. The van der Waals surface area contributed by atoms with Crippen LogP contribution in [0, 0.1) is 6.92 Å². The largest absolute Gasteiger partial charge is 0.398 e. The van der Waals surface area contributed by atoms with Crippen LogP contribution in [0.4, 0.5) is 11.5 Å². The van der Waals surface area contributed by atoms with Crippen LogP contribution < -0.4 is 11.1 Å². The van der Waals surface area contributed by atoms with Crippen molar-refractivity contribution in [2.75, 3.05) is 31.3 Å². The molecule has 1 rings (SSSR count). The van der Waals surface area contributed by atoms with Crippen LogP contribution in [0.25, 0.3) is 0 Å². The summed E-state index contributed by atoms with van der Waals surface area (Å²) in [5.74, 6) is 0.823. The van der Waals surface area contributed by atoms with Gasteiger partial charge in [0.05, 0.1) is 0 Å². The Labute approximate surface area is 84.5 Å². The highest BCUT2D eigenvalue weighted by Crippen LogP contribution is 2.13. The first-order valence-corrected chi connectivity index (χ1v) is 4.69. The second kappa shape index (κ2) is 5.44. The van der Waals surface area contributed by atoms with Crippen molar-refractivity contribution < 1.29 is 4.74 Å². The van der Waals surface area contributed by atoms with Crippen LogP contribution in [0.3, 0.4) is 0 Å². The van der Waals surface area contributed by atoms with E-state index in [0.29, 0.717) is 0 Å². The van der Waals surface area contributed by atoms with Gasteiger partial charge in [-0.25, -0.2) is 4.98 Å². The molecular formula is C10H17N3O. The van der Waals surface area contributed by atoms with Gasteiger partial charge in [0.2, 0.25) is 0 Å². The van der Waals surface area contributed by atoms with Crippen molar-refractivity contribution in [3.8, 4) is 0 Å². The summed E-state index contributed by atoms with van der Waals surface area (Å²) in [6, 6.07) is 1.85. The molecule has 1 aromatic heterocycles. The predicted molar refractivity (Wildman–Crippen MR) is 58.4 cm³/mol. The third-order valence-corrected chi connectivity index (χ3v) is 1.98. The zero-order valence-electron chi connectivity index (χ0n) is 8.71. The van der Waals surface area contributed by atoms with Crippen molar-refractivity contribution in [1.82, 2.24) is 4.98 Å². The van der Waals surface area contributed by atoms with Crippen molar-refractivity contribution in [3.63, 3.8) is 0 Å². The van der Waals surface area contributed by atoms with Crippen molar-refractivity contribution in [2.45, 2.75) is 13.3 Å². The number of nitrogens with one attached hydrogen (secondary N) is 1. The average Bonchev–Trinajstić information content (AvgIpc) is 2.18. The van der Waals surface area contributed by atoms with Crippen molar-refractivity contribution in [3.05, 3.63) is 17.8 Å². The van der Waals surface area contributed by atoms with Crippen LogP contribution in [-0.4, -0.2) is 25.2 Å². The number of ether oxygens (including phenoxy) is 1. The minimum atomic E-state index is 0.758. The predicted octanol–water partition coefficient (Wildman–Crippen LogP) is 1.42. The number of pyridine rings is 1. The van der Waals surface area contributed by atoms with Gasteiger partial charge in [0.1, 0.15) is 5.82 Å². The van der Waals surface area contributed by atoms with Crippen LogP contribution in [-0.2, 0) is 4.74 Å². The van der Waals surface area contributed by atoms with E-state index in [1.54, 1.807) is 13.3 Å². The van der Waals surface area contributed by atoms with E-state index in [1.807, 2.05) is 13.0 Å². The van der Waals surface area contributed by atoms with Crippen LogP contribution in [0.15, 0.2) is 12.3 Å². The molecule has 4 nitrogen and oxygen atoms in total. The Bertz CT molecular complexity index is 289. The number of anilines is 2. The fourth-order valence-corrected chi connectivity index (χ4v) is 1.07. The van der Waals surface area contributed by atoms with Gasteiger partial charge in [-0.05, 0) is 18.9 Å². The Kier molecular flexibility index (Phi) is 4.19. The summed E-state index contributed by atoms with van der Waals surface area (Å²) < 4.78 is 4.94. The Hall–Kier alpha value is -1.29. The zero-order valence-corrected chi connectivity index (χ0v) is 8.71. The molecule has 0 aliphatic carbocycles. The van der Waals surface area contributed by atoms with Crippen LogP contribution in [0.5, 0.6) is 0 Å².